The topological polar surface area (TPSA) is 93.8 Å². The molecule has 0 aliphatic carbocycles. The monoisotopic (exact) mass is 341 g/mol. The summed E-state index contributed by atoms with van der Waals surface area (Å²) in [6, 6.07) is 6.95. The van der Waals surface area contributed by atoms with Crippen LogP contribution < -0.4 is 5.32 Å². The zero-order chi connectivity index (χ0) is 16.8. The van der Waals surface area contributed by atoms with E-state index in [9.17, 15) is 4.79 Å². The lowest BCUT2D eigenvalue weighted by Crippen LogP contribution is -2.28. The molecule has 3 aromatic rings. The summed E-state index contributed by atoms with van der Waals surface area (Å²) in [6.07, 6.45) is 6.71. The minimum Gasteiger partial charge on any atom is -0.344 e. The van der Waals surface area contributed by atoms with E-state index in [1.807, 2.05) is 12.1 Å². The molecule has 0 aromatic carbocycles. The third-order valence-corrected chi connectivity index (χ3v) is 4.16. The van der Waals surface area contributed by atoms with Crippen LogP contribution in [-0.2, 0) is 4.79 Å². The maximum absolute atomic E-state index is 12.0. The molecule has 1 unspecified atom stereocenters. The van der Waals surface area contributed by atoms with Crippen molar-refractivity contribution < 1.29 is 9.32 Å². The zero-order valence-electron chi connectivity index (χ0n) is 12.9. The average Bonchev–Trinajstić information content (AvgIpc) is 3.12. The maximum Gasteiger partial charge on any atom is 0.249 e. The molecule has 7 nitrogen and oxygen atoms in total. The van der Waals surface area contributed by atoms with Gasteiger partial charge in [-0.15, -0.1) is 11.8 Å². The SMILES string of the molecule is CC(NC(=O)CSc1ccncc1)c1nc(-c2ccncc2)no1. The number of rotatable bonds is 6. The van der Waals surface area contributed by atoms with Crippen LogP contribution in [0.25, 0.3) is 11.4 Å². The van der Waals surface area contributed by atoms with E-state index in [0.717, 1.165) is 10.5 Å². The fourth-order valence-electron chi connectivity index (χ4n) is 1.96. The molecule has 122 valence electrons. The van der Waals surface area contributed by atoms with Gasteiger partial charge in [-0.25, -0.2) is 0 Å². The van der Waals surface area contributed by atoms with Crippen LogP contribution in [0.4, 0.5) is 0 Å². The van der Waals surface area contributed by atoms with E-state index < -0.39 is 0 Å². The van der Waals surface area contributed by atoms with Gasteiger partial charge in [0, 0.05) is 35.2 Å². The van der Waals surface area contributed by atoms with Gasteiger partial charge in [0.25, 0.3) is 0 Å². The fourth-order valence-corrected chi connectivity index (χ4v) is 2.65. The van der Waals surface area contributed by atoms with Crippen molar-refractivity contribution in [2.24, 2.45) is 0 Å². The van der Waals surface area contributed by atoms with Crippen LogP contribution in [0.5, 0.6) is 0 Å². The van der Waals surface area contributed by atoms with E-state index in [2.05, 4.69) is 25.4 Å². The van der Waals surface area contributed by atoms with E-state index >= 15 is 0 Å². The largest absolute Gasteiger partial charge is 0.344 e. The van der Waals surface area contributed by atoms with E-state index in [1.54, 1.807) is 43.8 Å². The average molecular weight is 341 g/mol. The van der Waals surface area contributed by atoms with E-state index in [-0.39, 0.29) is 11.9 Å². The summed E-state index contributed by atoms with van der Waals surface area (Å²) in [6.45, 7) is 1.80. The standard InChI is InChI=1S/C16H15N5O2S/c1-11(19-14(22)10-24-13-4-8-18-9-5-13)16-20-15(21-23-16)12-2-6-17-7-3-12/h2-9,11H,10H2,1H3,(H,19,22). The predicted molar refractivity (Wildman–Crippen MR) is 89.0 cm³/mol. The minimum atomic E-state index is -0.362. The number of amides is 1. The molecule has 0 radical (unpaired) electrons. The first-order chi connectivity index (χ1) is 11.7. The lowest BCUT2D eigenvalue weighted by Gasteiger charge is -2.09. The Bertz CT molecular complexity index is 794. The number of hydrogen-bond donors (Lipinski definition) is 1. The van der Waals surface area contributed by atoms with Gasteiger partial charge in [0.05, 0.1) is 5.75 Å². The molecular weight excluding hydrogens is 326 g/mol. The van der Waals surface area contributed by atoms with Crippen LogP contribution in [0.2, 0.25) is 0 Å². The third kappa shape index (κ3) is 4.17. The van der Waals surface area contributed by atoms with Crippen LogP contribution in [0.1, 0.15) is 18.9 Å². The number of hydrogen-bond acceptors (Lipinski definition) is 7. The third-order valence-electron chi connectivity index (χ3n) is 3.15. The first-order valence-corrected chi connectivity index (χ1v) is 8.27. The van der Waals surface area contributed by atoms with Gasteiger partial charge in [0.2, 0.25) is 17.6 Å². The summed E-state index contributed by atoms with van der Waals surface area (Å²) in [4.78, 5) is 25.2. The van der Waals surface area contributed by atoms with Crippen LogP contribution in [0, 0.1) is 0 Å². The molecule has 0 aliphatic heterocycles. The highest BCUT2D eigenvalue weighted by atomic mass is 32.2. The van der Waals surface area contributed by atoms with Gasteiger partial charge in [0.1, 0.15) is 6.04 Å². The number of carbonyl (C=O) groups excluding carboxylic acids is 1. The Morgan fingerprint density at radius 3 is 2.54 bits per heavy atom. The van der Waals surface area contributed by atoms with Gasteiger partial charge in [-0.05, 0) is 31.2 Å². The summed E-state index contributed by atoms with van der Waals surface area (Å²) in [7, 11) is 0. The van der Waals surface area contributed by atoms with Crippen molar-refractivity contribution in [2.75, 3.05) is 5.75 Å². The van der Waals surface area contributed by atoms with Crippen molar-refractivity contribution in [1.82, 2.24) is 25.4 Å². The molecule has 0 saturated heterocycles. The Labute approximate surface area is 142 Å². The van der Waals surface area contributed by atoms with Crippen molar-refractivity contribution in [3.63, 3.8) is 0 Å². The van der Waals surface area contributed by atoms with Gasteiger partial charge < -0.3 is 9.84 Å². The molecule has 0 spiro atoms. The second-order valence-corrected chi connectivity index (χ2v) is 6.00. The van der Waals surface area contributed by atoms with E-state index in [0.29, 0.717) is 17.5 Å². The van der Waals surface area contributed by atoms with Gasteiger partial charge in [-0.1, -0.05) is 5.16 Å². The summed E-state index contributed by atoms with van der Waals surface area (Å²) >= 11 is 1.44. The number of thioether (sulfide) groups is 1. The highest BCUT2D eigenvalue weighted by Crippen LogP contribution is 2.19. The zero-order valence-corrected chi connectivity index (χ0v) is 13.7. The molecule has 0 fully saturated rings. The molecule has 8 heteroatoms. The molecule has 1 atom stereocenters. The number of carbonyl (C=O) groups is 1. The van der Waals surface area contributed by atoms with Gasteiger partial charge in [-0.2, -0.15) is 4.98 Å². The molecular formula is C16H15N5O2S. The van der Waals surface area contributed by atoms with Crippen LogP contribution in [0.3, 0.4) is 0 Å². The van der Waals surface area contributed by atoms with Crippen LogP contribution in [-0.4, -0.2) is 31.8 Å². The Morgan fingerprint density at radius 1 is 1.17 bits per heavy atom. The van der Waals surface area contributed by atoms with Crippen molar-refractivity contribution >= 4 is 17.7 Å². The molecule has 0 saturated carbocycles. The van der Waals surface area contributed by atoms with Gasteiger partial charge >= 0.3 is 0 Å². The molecule has 3 rings (SSSR count). The smallest absolute Gasteiger partial charge is 0.249 e. The second-order valence-electron chi connectivity index (χ2n) is 4.95. The first-order valence-electron chi connectivity index (χ1n) is 7.28. The Kier molecular flexibility index (Phi) is 5.17. The number of aromatic nitrogens is 4. The minimum absolute atomic E-state index is 0.104. The Morgan fingerprint density at radius 2 is 1.83 bits per heavy atom. The summed E-state index contributed by atoms with van der Waals surface area (Å²) in [5.74, 6) is 1.04. The quantitative estimate of drug-likeness (QED) is 0.688. The Hall–Kier alpha value is -2.74. The maximum atomic E-state index is 12.0. The first kappa shape index (κ1) is 16.1. The predicted octanol–water partition coefficient (Wildman–Crippen LogP) is 2.50. The second kappa shape index (κ2) is 7.69. The van der Waals surface area contributed by atoms with Crippen molar-refractivity contribution in [2.45, 2.75) is 17.9 Å². The summed E-state index contributed by atoms with van der Waals surface area (Å²) in [5, 5.41) is 6.78. The molecule has 0 aliphatic rings. The van der Waals surface area contributed by atoms with Crippen LogP contribution >= 0.6 is 11.8 Å². The number of pyridine rings is 2. The van der Waals surface area contributed by atoms with Gasteiger partial charge in [-0.3, -0.25) is 14.8 Å². The number of nitrogens with zero attached hydrogens (tertiary/aromatic N) is 4. The summed E-state index contributed by atoms with van der Waals surface area (Å²) in [5.41, 5.74) is 0.812. The highest BCUT2D eigenvalue weighted by molar-refractivity contribution is 8.00. The molecule has 3 heterocycles. The van der Waals surface area contributed by atoms with Crippen molar-refractivity contribution in [1.29, 1.82) is 0 Å². The van der Waals surface area contributed by atoms with Crippen molar-refractivity contribution in [3.05, 3.63) is 54.9 Å². The van der Waals surface area contributed by atoms with Crippen LogP contribution in [0.15, 0.2) is 58.5 Å². The summed E-state index contributed by atoms with van der Waals surface area (Å²) < 4.78 is 5.23. The van der Waals surface area contributed by atoms with Gasteiger partial charge in [0.15, 0.2) is 0 Å². The van der Waals surface area contributed by atoms with E-state index in [1.165, 1.54) is 11.8 Å². The highest BCUT2D eigenvalue weighted by Gasteiger charge is 2.17. The molecule has 24 heavy (non-hydrogen) atoms. The van der Waals surface area contributed by atoms with E-state index in [4.69, 9.17) is 4.52 Å². The normalized spacial score (nSPS) is 11.9. The molecule has 1 amide bonds. The molecule has 0 bridgehead atoms. The Balaban J connectivity index is 1.56. The molecule has 1 N–H and O–H groups in total. The van der Waals surface area contributed by atoms with Crippen molar-refractivity contribution in [3.8, 4) is 11.4 Å². The fraction of sp³-hybridized carbons (Fsp3) is 0.188. The lowest BCUT2D eigenvalue weighted by molar-refractivity contribution is -0.119. The molecule has 3 aromatic heterocycles. The number of nitrogens with one attached hydrogen (secondary N) is 1. The lowest BCUT2D eigenvalue weighted by atomic mass is 10.2.